The summed E-state index contributed by atoms with van der Waals surface area (Å²) in [6, 6.07) is 0. The van der Waals surface area contributed by atoms with Crippen LogP contribution in [0, 0.1) is 0 Å². The number of amides is 1. The van der Waals surface area contributed by atoms with Crippen molar-refractivity contribution < 1.29 is 13.2 Å². The number of nitrogens with zero attached hydrogens (tertiary/aromatic N) is 1. The van der Waals surface area contributed by atoms with Gasteiger partial charge in [-0.25, -0.2) is 8.42 Å². The van der Waals surface area contributed by atoms with Crippen molar-refractivity contribution >= 4 is 15.9 Å². The molecule has 0 fully saturated rings. The van der Waals surface area contributed by atoms with E-state index in [2.05, 4.69) is 18.3 Å². The molecule has 6 heteroatoms. The Morgan fingerprint density at radius 2 is 2.09 bits per heavy atom. The summed E-state index contributed by atoms with van der Waals surface area (Å²) in [6.07, 6.45) is 11.8. The summed E-state index contributed by atoms with van der Waals surface area (Å²) >= 11 is 0. The zero-order valence-electron chi connectivity index (χ0n) is 13.9. The molecule has 0 bridgehead atoms. The first kappa shape index (κ1) is 19.2. The van der Waals surface area contributed by atoms with Crippen LogP contribution in [-0.2, 0) is 14.8 Å². The minimum atomic E-state index is -3.35. The Labute approximate surface area is 135 Å². The number of sulfonamides is 1. The van der Waals surface area contributed by atoms with E-state index in [0.29, 0.717) is 13.1 Å². The maximum absolute atomic E-state index is 11.9. The zero-order chi connectivity index (χ0) is 16.4. The van der Waals surface area contributed by atoms with Crippen LogP contribution < -0.4 is 5.32 Å². The van der Waals surface area contributed by atoms with Crippen molar-refractivity contribution in [1.29, 1.82) is 0 Å². The summed E-state index contributed by atoms with van der Waals surface area (Å²) in [6.45, 7) is 3.05. The topological polar surface area (TPSA) is 66.5 Å². The number of nitrogens with one attached hydrogen (secondary N) is 1. The van der Waals surface area contributed by atoms with Gasteiger partial charge in [0.15, 0.2) is 0 Å². The van der Waals surface area contributed by atoms with E-state index in [0.717, 1.165) is 38.5 Å². The second-order valence-corrected chi connectivity index (χ2v) is 7.99. The van der Waals surface area contributed by atoms with Gasteiger partial charge in [-0.3, -0.25) is 4.79 Å². The van der Waals surface area contributed by atoms with Crippen LogP contribution in [0.5, 0.6) is 0 Å². The van der Waals surface area contributed by atoms with E-state index in [4.69, 9.17) is 0 Å². The molecule has 0 saturated carbocycles. The number of rotatable bonds is 10. The normalized spacial score (nSPS) is 15.7. The molecule has 1 amide bonds. The minimum Gasteiger partial charge on any atom is -0.355 e. The lowest BCUT2D eigenvalue weighted by Crippen LogP contribution is -2.41. The van der Waals surface area contributed by atoms with E-state index in [9.17, 15) is 13.2 Å². The molecule has 0 spiro atoms. The van der Waals surface area contributed by atoms with Gasteiger partial charge in [-0.2, -0.15) is 4.31 Å². The van der Waals surface area contributed by atoms with Crippen molar-refractivity contribution in [3.63, 3.8) is 0 Å². The Kier molecular flexibility index (Phi) is 8.71. The van der Waals surface area contributed by atoms with Gasteiger partial charge in [0.2, 0.25) is 15.9 Å². The zero-order valence-corrected chi connectivity index (χ0v) is 14.8. The molecule has 22 heavy (non-hydrogen) atoms. The van der Waals surface area contributed by atoms with Crippen molar-refractivity contribution in [3.05, 3.63) is 11.6 Å². The van der Waals surface area contributed by atoms with Gasteiger partial charge in [0, 0.05) is 13.1 Å². The fraction of sp³-hybridized carbons (Fsp3) is 0.812. The van der Waals surface area contributed by atoms with Crippen molar-refractivity contribution in [2.24, 2.45) is 0 Å². The lowest BCUT2D eigenvalue weighted by atomic mass is 9.97. The Hall–Kier alpha value is -0.880. The summed E-state index contributed by atoms with van der Waals surface area (Å²) in [4.78, 5) is 11.9. The molecular formula is C16H30N2O3S. The Morgan fingerprint density at radius 1 is 1.32 bits per heavy atom. The average molecular weight is 330 g/mol. The van der Waals surface area contributed by atoms with Crippen molar-refractivity contribution in [1.82, 2.24) is 9.62 Å². The second kappa shape index (κ2) is 10.0. The third-order valence-corrected chi connectivity index (χ3v) is 5.21. The van der Waals surface area contributed by atoms with Gasteiger partial charge in [-0.05, 0) is 38.5 Å². The summed E-state index contributed by atoms with van der Waals surface area (Å²) in [5, 5.41) is 2.80. The SMILES string of the molecule is CCCCCNC(=O)CN(CCC1=CCCCC1)S(C)(=O)=O. The van der Waals surface area contributed by atoms with Crippen LogP contribution in [0.4, 0.5) is 0 Å². The van der Waals surface area contributed by atoms with E-state index in [1.165, 1.54) is 29.0 Å². The molecule has 0 aliphatic heterocycles. The molecule has 128 valence electrons. The highest BCUT2D eigenvalue weighted by Gasteiger charge is 2.20. The predicted molar refractivity (Wildman–Crippen MR) is 90.1 cm³/mol. The highest BCUT2D eigenvalue weighted by atomic mass is 32.2. The highest BCUT2D eigenvalue weighted by molar-refractivity contribution is 7.88. The number of carbonyl (C=O) groups excluding carboxylic acids is 1. The molecule has 0 unspecified atom stereocenters. The largest absolute Gasteiger partial charge is 0.355 e. The number of hydrogen-bond donors (Lipinski definition) is 1. The molecule has 0 aromatic carbocycles. The van der Waals surface area contributed by atoms with Gasteiger partial charge in [0.25, 0.3) is 0 Å². The lowest BCUT2D eigenvalue weighted by molar-refractivity contribution is -0.121. The fourth-order valence-corrected chi connectivity index (χ4v) is 3.36. The number of hydrogen-bond acceptors (Lipinski definition) is 3. The van der Waals surface area contributed by atoms with Crippen LogP contribution in [0.1, 0.15) is 58.3 Å². The van der Waals surface area contributed by atoms with Crippen molar-refractivity contribution in [3.8, 4) is 0 Å². The smallest absolute Gasteiger partial charge is 0.235 e. The summed E-state index contributed by atoms with van der Waals surface area (Å²) in [5.74, 6) is -0.209. The molecule has 0 aromatic heterocycles. The maximum atomic E-state index is 11.9. The molecule has 0 radical (unpaired) electrons. The van der Waals surface area contributed by atoms with Crippen molar-refractivity contribution in [2.75, 3.05) is 25.9 Å². The molecule has 1 rings (SSSR count). The third-order valence-electron chi connectivity index (χ3n) is 3.96. The number of unbranched alkanes of at least 4 members (excludes halogenated alkanes) is 2. The molecule has 0 aromatic rings. The summed E-state index contributed by atoms with van der Waals surface area (Å²) in [5.41, 5.74) is 1.32. The summed E-state index contributed by atoms with van der Waals surface area (Å²) in [7, 11) is -3.35. The van der Waals surface area contributed by atoms with Gasteiger partial charge in [0.1, 0.15) is 0 Å². The van der Waals surface area contributed by atoms with Crippen LogP contribution in [0.3, 0.4) is 0 Å². The Morgan fingerprint density at radius 3 is 2.68 bits per heavy atom. The predicted octanol–water partition coefficient (Wildman–Crippen LogP) is 2.44. The number of carbonyl (C=O) groups is 1. The molecule has 1 aliphatic carbocycles. The van der Waals surface area contributed by atoms with Crippen LogP contribution >= 0.6 is 0 Å². The standard InChI is InChI=1S/C16H30N2O3S/c1-3-4-8-12-17-16(19)14-18(22(2,20)21)13-11-15-9-6-5-7-10-15/h9H,3-8,10-14H2,1-2H3,(H,17,19). The average Bonchev–Trinajstić information content (AvgIpc) is 2.48. The lowest BCUT2D eigenvalue weighted by Gasteiger charge is -2.21. The van der Waals surface area contributed by atoms with E-state index < -0.39 is 10.0 Å². The molecule has 0 saturated heterocycles. The van der Waals surface area contributed by atoms with Gasteiger partial charge in [-0.15, -0.1) is 0 Å². The van der Waals surface area contributed by atoms with E-state index in [-0.39, 0.29) is 12.5 Å². The van der Waals surface area contributed by atoms with Crippen molar-refractivity contribution in [2.45, 2.75) is 58.3 Å². The van der Waals surface area contributed by atoms with E-state index in [1.807, 2.05) is 0 Å². The second-order valence-electron chi connectivity index (χ2n) is 6.01. The molecule has 0 heterocycles. The van der Waals surface area contributed by atoms with E-state index in [1.54, 1.807) is 0 Å². The molecule has 1 aliphatic rings. The highest BCUT2D eigenvalue weighted by Crippen LogP contribution is 2.20. The first-order chi connectivity index (χ1) is 10.4. The first-order valence-electron chi connectivity index (χ1n) is 8.33. The fourth-order valence-electron chi connectivity index (χ4n) is 2.58. The third kappa shape index (κ3) is 7.94. The maximum Gasteiger partial charge on any atom is 0.235 e. The minimum absolute atomic E-state index is 0.0712. The summed E-state index contributed by atoms with van der Waals surface area (Å²) < 4.78 is 25.0. The van der Waals surface area contributed by atoms with Crippen LogP contribution in [-0.4, -0.2) is 44.5 Å². The molecule has 0 atom stereocenters. The van der Waals surface area contributed by atoms with E-state index >= 15 is 0 Å². The monoisotopic (exact) mass is 330 g/mol. The van der Waals surface area contributed by atoms with Gasteiger partial charge >= 0.3 is 0 Å². The Bertz CT molecular complexity index is 472. The van der Waals surface area contributed by atoms with Gasteiger partial charge in [-0.1, -0.05) is 31.4 Å². The molecule has 1 N–H and O–H groups in total. The van der Waals surface area contributed by atoms with Gasteiger partial charge in [0.05, 0.1) is 12.8 Å². The van der Waals surface area contributed by atoms with Gasteiger partial charge < -0.3 is 5.32 Å². The molecule has 5 nitrogen and oxygen atoms in total. The quantitative estimate of drug-likeness (QED) is 0.494. The van der Waals surface area contributed by atoms with Crippen LogP contribution in [0.2, 0.25) is 0 Å². The molecular weight excluding hydrogens is 300 g/mol. The van der Waals surface area contributed by atoms with Crippen LogP contribution in [0.15, 0.2) is 11.6 Å². The Balaban J connectivity index is 2.43. The van der Waals surface area contributed by atoms with Crippen LogP contribution in [0.25, 0.3) is 0 Å². The first-order valence-corrected chi connectivity index (χ1v) is 10.2. The number of allylic oxidation sites excluding steroid dienone is 1.